The van der Waals surface area contributed by atoms with E-state index in [1.807, 2.05) is 28.3 Å². The largest absolute Gasteiger partial charge is 0.388 e. The Balaban J connectivity index is 1.75. The first-order valence-electron chi connectivity index (χ1n) is 5.29. The van der Waals surface area contributed by atoms with Crippen LogP contribution in [0.1, 0.15) is 27.8 Å². The number of hydrogen-bond acceptors (Lipinski definition) is 4. The van der Waals surface area contributed by atoms with E-state index in [-0.39, 0.29) is 5.91 Å². The van der Waals surface area contributed by atoms with Gasteiger partial charge in [0.2, 0.25) is 0 Å². The minimum atomic E-state index is -0.488. The van der Waals surface area contributed by atoms with Crippen LogP contribution in [0, 0.1) is 0 Å². The summed E-state index contributed by atoms with van der Waals surface area (Å²) >= 11 is 3.02. The van der Waals surface area contributed by atoms with Gasteiger partial charge >= 0.3 is 0 Å². The minimum absolute atomic E-state index is 0.0790. The van der Waals surface area contributed by atoms with Crippen molar-refractivity contribution in [2.45, 2.75) is 12.5 Å². The molecule has 0 saturated carbocycles. The molecule has 0 spiro atoms. The van der Waals surface area contributed by atoms with E-state index in [9.17, 15) is 9.90 Å². The lowest BCUT2D eigenvalue weighted by atomic mass is 10.2. The van der Waals surface area contributed by atoms with Crippen molar-refractivity contribution in [3.63, 3.8) is 0 Å². The van der Waals surface area contributed by atoms with Crippen molar-refractivity contribution >= 4 is 28.6 Å². The molecule has 0 aliphatic heterocycles. The molecule has 0 saturated heterocycles. The van der Waals surface area contributed by atoms with Crippen molar-refractivity contribution in [3.8, 4) is 0 Å². The summed E-state index contributed by atoms with van der Waals surface area (Å²) in [6.07, 6.45) is 0.0499. The third kappa shape index (κ3) is 3.39. The maximum absolute atomic E-state index is 11.6. The number of hydrogen-bond donors (Lipinski definition) is 2. The zero-order valence-electron chi connectivity index (χ0n) is 9.13. The zero-order valence-corrected chi connectivity index (χ0v) is 10.8. The lowest BCUT2D eigenvalue weighted by Gasteiger charge is -2.08. The average Bonchev–Trinajstić information content (AvgIpc) is 3.02. The highest BCUT2D eigenvalue weighted by Crippen LogP contribution is 2.20. The highest BCUT2D eigenvalue weighted by molar-refractivity contribution is 7.10. The summed E-state index contributed by atoms with van der Waals surface area (Å²) in [5.41, 5.74) is 0.681. The number of aliphatic hydroxyl groups is 1. The Morgan fingerprint density at radius 1 is 1.41 bits per heavy atom. The number of carbonyl (C=O) groups is 1. The Morgan fingerprint density at radius 3 is 2.94 bits per heavy atom. The summed E-state index contributed by atoms with van der Waals surface area (Å²) in [7, 11) is 0. The Labute approximate surface area is 108 Å². The number of aliphatic hydroxyl groups excluding tert-OH is 1. The van der Waals surface area contributed by atoms with Crippen LogP contribution in [-0.2, 0) is 0 Å². The molecule has 0 aliphatic rings. The van der Waals surface area contributed by atoms with E-state index < -0.39 is 6.10 Å². The molecule has 1 amide bonds. The lowest BCUT2D eigenvalue weighted by molar-refractivity contribution is 0.0944. The van der Waals surface area contributed by atoms with Crippen LogP contribution in [0.15, 0.2) is 34.3 Å². The normalized spacial score (nSPS) is 12.3. The predicted molar refractivity (Wildman–Crippen MR) is 70.5 cm³/mol. The third-order valence-corrected chi connectivity index (χ3v) is 4.02. The van der Waals surface area contributed by atoms with Gasteiger partial charge in [-0.15, -0.1) is 11.3 Å². The van der Waals surface area contributed by atoms with Crippen molar-refractivity contribution in [2.75, 3.05) is 6.54 Å². The number of thiophene rings is 2. The van der Waals surface area contributed by atoms with Crippen LogP contribution in [0.25, 0.3) is 0 Å². The Morgan fingerprint density at radius 2 is 2.29 bits per heavy atom. The molecule has 1 unspecified atom stereocenters. The van der Waals surface area contributed by atoms with E-state index in [4.69, 9.17) is 0 Å². The van der Waals surface area contributed by atoms with Gasteiger partial charge in [0.15, 0.2) is 0 Å². The van der Waals surface area contributed by atoms with Gasteiger partial charge in [-0.25, -0.2) is 0 Å². The standard InChI is InChI=1S/C12H13NO2S2/c14-10(11-2-1-6-17-11)3-5-13-12(15)9-4-7-16-8-9/h1-2,4,6-8,10,14H,3,5H2,(H,13,15). The maximum Gasteiger partial charge on any atom is 0.252 e. The SMILES string of the molecule is O=C(NCCC(O)c1cccs1)c1ccsc1. The van der Waals surface area contributed by atoms with E-state index in [1.165, 1.54) is 22.7 Å². The molecule has 17 heavy (non-hydrogen) atoms. The number of amides is 1. The summed E-state index contributed by atoms with van der Waals surface area (Å²) in [4.78, 5) is 12.5. The van der Waals surface area contributed by atoms with E-state index >= 15 is 0 Å². The van der Waals surface area contributed by atoms with Crippen LogP contribution in [-0.4, -0.2) is 17.6 Å². The molecule has 0 fully saturated rings. The van der Waals surface area contributed by atoms with Crippen LogP contribution >= 0.6 is 22.7 Å². The van der Waals surface area contributed by atoms with Crippen LogP contribution in [0.3, 0.4) is 0 Å². The van der Waals surface area contributed by atoms with Gasteiger partial charge in [-0.3, -0.25) is 4.79 Å². The molecule has 90 valence electrons. The third-order valence-electron chi connectivity index (χ3n) is 2.36. The van der Waals surface area contributed by atoms with E-state index in [0.717, 1.165) is 4.88 Å². The van der Waals surface area contributed by atoms with Crippen molar-refractivity contribution in [3.05, 3.63) is 44.8 Å². The molecule has 2 aromatic rings. The van der Waals surface area contributed by atoms with Gasteiger partial charge in [0.05, 0.1) is 6.10 Å². The molecule has 5 heteroatoms. The van der Waals surface area contributed by atoms with Gasteiger partial charge in [-0.05, 0) is 29.3 Å². The highest BCUT2D eigenvalue weighted by atomic mass is 32.1. The fourth-order valence-electron chi connectivity index (χ4n) is 1.44. The second-order valence-corrected chi connectivity index (χ2v) is 5.35. The lowest BCUT2D eigenvalue weighted by Crippen LogP contribution is -2.25. The van der Waals surface area contributed by atoms with Gasteiger partial charge in [0.1, 0.15) is 0 Å². The molecule has 0 radical (unpaired) electrons. The second-order valence-electron chi connectivity index (χ2n) is 3.59. The fraction of sp³-hybridized carbons (Fsp3) is 0.250. The Hall–Kier alpha value is -1.17. The Kier molecular flexibility index (Phi) is 4.30. The van der Waals surface area contributed by atoms with Crippen LogP contribution in [0.5, 0.6) is 0 Å². The molecule has 0 aromatic carbocycles. The van der Waals surface area contributed by atoms with Gasteiger partial charge in [0, 0.05) is 22.4 Å². The molecule has 2 heterocycles. The Bertz CT molecular complexity index is 451. The quantitative estimate of drug-likeness (QED) is 0.875. The highest BCUT2D eigenvalue weighted by Gasteiger charge is 2.09. The molecule has 3 nitrogen and oxygen atoms in total. The summed E-state index contributed by atoms with van der Waals surface area (Å²) in [5, 5.41) is 18.2. The first kappa shape index (κ1) is 12.3. The van der Waals surface area contributed by atoms with Gasteiger partial charge in [0.25, 0.3) is 5.91 Å². The topological polar surface area (TPSA) is 49.3 Å². The zero-order chi connectivity index (χ0) is 12.1. The molecule has 0 bridgehead atoms. The maximum atomic E-state index is 11.6. The summed E-state index contributed by atoms with van der Waals surface area (Å²) in [6.45, 7) is 0.480. The van der Waals surface area contributed by atoms with Crippen molar-refractivity contribution in [1.29, 1.82) is 0 Å². The molecule has 0 aliphatic carbocycles. The van der Waals surface area contributed by atoms with E-state index in [2.05, 4.69) is 5.32 Å². The summed E-state index contributed by atoms with van der Waals surface area (Å²) in [5.74, 6) is -0.0790. The van der Waals surface area contributed by atoms with Crippen LogP contribution < -0.4 is 5.32 Å². The first-order valence-corrected chi connectivity index (χ1v) is 7.11. The number of rotatable bonds is 5. The smallest absolute Gasteiger partial charge is 0.252 e. The first-order chi connectivity index (χ1) is 8.27. The van der Waals surface area contributed by atoms with Gasteiger partial charge in [-0.1, -0.05) is 6.07 Å². The van der Waals surface area contributed by atoms with Crippen LogP contribution in [0.2, 0.25) is 0 Å². The molecule has 2 rings (SSSR count). The molecule has 2 aromatic heterocycles. The fourth-order valence-corrected chi connectivity index (χ4v) is 2.82. The number of carbonyl (C=O) groups excluding carboxylic acids is 1. The molecular weight excluding hydrogens is 254 g/mol. The molecule has 2 N–H and O–H groups in total. The van der Waals surface area contributed by atoms with E-state index in [0.29, 0.717) is 18.5 Å². The second kappa shape index (κ2) is 5.95. The van der Waals surface area contributed by atoms with Gasteiger partial charge in [-0.2, -0.15) is 11.3 Å². The summed E-state index contributed by atoms with van der Waals surface area (Å²) < 4.78 is 0. The predicted octanol–water partition coefficient (Wildman–Crippen LogP) is 2.66. The summed E-state index contributed by atoms with van der Waals surface area (Å²) in [6, 6.07) is 5.60. The van der Waals surface area contributed by atoms with E-state index in [1.54, 1.807) is 6.07 Å². The van der Waals surface area contributed by atoms with Crippen molar-refractivity contribution < 1.29 is 9.90 Å². The van der Waals surface area contributed by atoms with Crippen molar-refractivity contribution in [1.82, 2.24) is 5.32 Å². The monoisotopic (exact) mass is 267 g/mol. The average molecular weight is 267 g/mol. The minimum Gasteiger partial charge on any atom is -0.388 e. The molecular formula is C12H13NO2S2. The van der Waals surface area contributed by atoms with Crippen molar-refractivity contribution in [2.24, 2.45) is 0 Å². The van der Waals surface area contributed by atoms with Gasteiger partial charge < -0.3 is 10.4 Å². The molecule has 1 atom stereocenters. The number of nitrogens with one attached hydrogen (secondary N) is 1. The van der Waals surface area contributed by atoms with Crippen LogP contribution in [0.4, 0.5) is 0 Å².